The number of benzene rings is 3. The molecule has 6 aromatic rings. The third kappa shape index (κ3) is 10.7. The van der Waals surface area contributed by atoms with Gasteiger partial charge >= 0.3 is 0 Å². The minimum Gasteiger partial charge on any atom is -0.477 e. The van der Waals surface area contributed by atoms with Gasteiger partial charge in [-0.25, -0.2) is 18.7 Å². The van der Waals surface area contributed by atoms with Crippen LogP contribution in [0.5, 0.6) is 5.88 Å². The minimum atomic E-state index is -0.962. The van der Waals surface area contributed by atoms with E-state index in [1.165, 1.54) is 16.8 Å². The van der Waals surface area contributed by atoms with E-state index >= 15 is 4.39 Å². The van der Waals surface area contributed by atoms with Crippen molar-refractivity contribution in [2.75, 3.05) is 52.4 Å². The van der Waals surface area contributed by atoms with E-state index in [2.05, 4.69) is 42.1 Å². The Bertz CT molecular complexity index is 3240. The molecule has 18 nitrogen and oxygen atoms in total. The van der Waals surface area contributed by atoms with Gasteiger partial charge in [0.2, 0.25) is 17.7 Å². The summed E-state index contributed by atoms with van der Waals surface area (Å²) in [7, 11) is 0. The number of carbonyl (C=O) groups excluding carboxylic acids is 3. The zero-order chi connectivity index (χ0) is 50.6. The number of nitriles is 1. The van der Waals surface area contributed by atoms with Crippen LogP contribution in [-0.2, 0) is 20.9 Å². The number of aromatic nitrogens is 6. The summed E-state index contributed by atoms with van der Waals surface area (Å²) >= 11 is 0. The Labute approximate surface area is 420 Å². The number of hydrogen-bond donors (Lipinski definition) is 3. The number of carbonyl (C=O) groups is 3. The molecule has 0 spiro atoms. The van der Waals surface area contributed by atoms with Crippen molar-refractivity contribution in [3.8, 4) is 34.6 Å². The molecule has 3 aromatic carbocycles. The molecule has 10 rings (SSSR count). The molecular formula is C54H57FN12O6. The van der Waals surface area contributed by atoms with E-state index in [4.69, 9.17) is 9.72 Å². The van der Waals surface area contributed by atoms with Gasteiger partial charge in [-0.2, -0.15) is 20.4 Å². The van der Waals surface area contributed by atoms with Crippen LogP contribution in [0, 0.1) is 29.5 Å². The van der Waals surface area contributed by atoms with E-state index in [1.807, 2.05) is 35.2 Å². The second kappa shape index (κ2) is 21.3. The summed E-state index contributed by atoms with van der Waals surface area (Å²) in [6, 6.07) is 23.2. The van der Waals surface area contributed by atoms with Gasteiger partial charge in [-0.3, -0.25) is 34.2 Å². The van der Waals surface area contributed by atoms with Crippen LogP contribution < -0.4 is 31.8 Å². The maximum Gasteiger partial charge on any atom is 0.275 e. The summed E-state index contributed by atoms with van der Waals surface area (Å²) in [6.45, 7) is 6.77. The average molecular weight is 989 g/mol. The van der Waals surface area contributed by atoms with Crippen molar-refractivity contribution < 1.29 is 23.5 Å². The molecule has 4 saturated heterocycles. The first-order valence-corrected chi connectivity index (χ1v) is 25.1. The normalized spacial score (nSPS) is 20.3. The van der Waals surface area contributed by atoms with Gasteiger partial charge in [-0.05, 0) is 94.4 Å². The largest absolute Gasteiger partial charge is 0.477 e. The van der Waals surface area contributed by atoms with Gasteiger partial charge in [-0.1, -0.05) is 36.4 Å². The van der Waals surface area contributed by atoms with Crippen molar-refractivity contribution in [1.82, 2.24) is 55.3 Å². The average Bonchev–Trinajstić information content (AvgIpc) is 3.41. The molecular weight excluding hydrogens is 932 g/mol. The Kier molecular flexibility index (Phi) is 14.3. The van der Waals surface area contributed by atoms with E-state index in [1.54, 1.807) is 49.5 Å². The maximum absolute atomic E-state index is 16.4. The molecule has 4 aliphatic rings. The highest BCUT2D eigenvalue weighted by Gasteiger charge is 2.40. The van der Waals surface area contributed by atoms with Gasteiger partial charge in [0.15, 0.2) is 5.82 Å². The van der Waals surface area contributed by atoms with Crippen LogP contribution in [0.15, 0.2) is 94.6 Å². The van der Waals surface area contributed by atoms with Crippen LogP contribution in [0.4, 0.5) is 4.39 Å². The molecule has 7 heterocycles. The maximum atomic E-state index is 16.4. The lowest BCUT2D eigenvalue weighted by atomic mass is 9.76. The Hall–Kier alpha value is -7.53. The number of hydrogen-bond acceptors (Lipinski definition) is 14. The number of rotatable bonds is 13. The van der Waals surface area contributed by atoms with Crippen LogP contribution in [-0.4, -0.2) is 116 Å². The van der Waals surface area contributed by atoms with E-state index in [0.29, 0.717) is 85.4 Å². The van der Waals surface area contributed by atoms with Gasteiger partial charge in [0.05, 0.1) is 47.6 Å². The summed E-state index contributed by atoms with van der Waals surface area (Å²) in [5.74, 6) is -0.588. The van der Waals surface area contributed by atoms with Gasteiger partial charge < -0.3 is 20.3 Å². The standard InChI is InChI=1S/C54H57FN12O6/c1-34-40-26-42(43(55)27-41(40)53(72)67(62-34)45-13-14-47(68)60-52(45)71)46-30-58-22-24-64(46)32-39-7-2-3-23-65(39)50(70)28-54(17-20-57-21-18-54)33-73-48-16-19-59-51(61-48)37-10-8-35(9-11-37)31-66-49(69)15-12-44(63-66)38-6-4-5-36(25-38)29-56/h4-6,8-12,15-16,19,25-27,39,45-46,57-58H,2-3,7,13-14,17-18,20-24,28,30-33H2,1H3,(H,60,68,71). The molecule has 19 heteroatoms. The monoisotopic (exact) mass is 988 g/mol. The number of nitrogens with zero attached hydrogens (tertiary/aromatic N) is 9. The summed E-state index contributed by atoms with van der Waals surface area (Å²) in [5.41, 5.74) is 3.08. The number of imide groups is 1. The first-order chi connectivity index (χ1) is 35.4. The van der Waals surface area contributed by atoms with E-state index in [-0.39, 0.29) is 48.3 Å². The highest BCUT2D eigenvalue weighted by molar-refractivity contribution is 5.99. The lowest BCUT2D eigenvalue weighted by Gasteiger charge is -2.44. The molecule has 0 radical (unpaired) electrons. The molecule has 3 amide bonds. The predicted octanol–water partition coefficient (Wildman–Crippen LogP) is 4.59. The summed E-state index contributed by atoms with van der Waals surface area (Å²) in [5, 5.41) is 28.2. The third-order valence-corrected chi connectivity index (χ3v) is 14.9. The smallest absolute Gasteiger partial charge is 0.275 e. The highest BCUT2D eigenvalue weighted by Crippen LogP contribution is 2.37. The number of piperazine rings is 1. The molecule has 3 aromatic heterocycles. The predicted molar refractivity (Wildman–Crippen MR) is 269 cm³/mol. The fourth-order valence-corrected chi connectivity index (χ4v) is 10.8. The fourth-order valence-electron chi connectivity index (χ4n) is 10.8. The molecule has 0 aliphatic carbocycles. The van der Waals surface area contributed by atoms with Crippen molar-refractivity contribution >= 4 is 28.5 Å². The zero-order valence-corrected chi connectivity index (χ0v) is 40.7. The molecule has 3 N–H and O–H groups in total. The van der Waals surface area contributed by atoms with Crippen LogP contribution in [0.3, 0.4) is 0 Å². The Morgan fingerprint density at radius 1 is 0.890 bits per heavy atom. The molecule has 0 saturated carbocycles. The van der Waals surface area contributed by atoms with E-state index < -0.39 is 34.6 Å². The van der Waals surface area contributed by atoms with Crippen molar-refractivity contribution in [2.24, 2.45) is 5.41 Å². The second-order valence-electron chi connectivity index (χ2n) is 19.7. The number of ether oxygens (including phenoxy) is 1. The number of nitrogens with one attached hydrogen (secondary N) is 3. The second-order valence-corrected chi connectivity index (χ2v) is 19.7. The van der Waals surface area contributed by atoms with E-state index in [0.717, 1.165) is 66.6 Å². The Morgan fingerprint density at radius 2 is 1.73 bits per heavy atom. The summed E-state index contributed by atoms with van der Waals surface area (Å²) in [6.07, 6.45) is 6.37. The SMILES string of the molecule is Cc1nn(C2CCC(=O)NC2=O)c(=O)c2cc(F)c(C3CNCCN3CC3CCCCN3C(=O)CC3(COc4ccnc(-c5ccc(Cn6nc(-c7cccc(C#N)c7)ccc6=O)cc5)n4)CCNCC3)cc12. The molecule has 3 atom stereocenters. The Morgan fingerprint density at radius 3 is 2.53 bits per heavy atom. The van der Waals surface area contributed by atoms with Crippen molar-refractivity contribution in [1.29, 1.82) is 5.26 Å². The lowest BCUT2D eigenvalue weighted by Crippen LogP contribution is -2.55. The Balaban J connectivity index is 0.807. The number of amides is 3. The minimum absolute atomic E-state index is 0.0774. The quantitative estimate of drug-likeness (QED) is 0.135. The molecule has 4 fully saturated rings. The van der Waals surface area contributed by atoms with Crippen molar-refractivity contribution in [3.63, 3.8) is 0 Å². The molecule has 376 valence electrons. The zero-order valence-electron chi connectivity index (χ0n) is 40.7. The number of likely N-dealkylation sites (tertiary alicyclic amines) is 1. The number of fused-ring (bicyclic) bond motifs is 1. The fraction of sp³-hybridized carbons (Fsp3) is 0.407. The lowest BCUT2D eigenvalue weighted by molar-refractivity contribution is -0.139. The van der Waals surface area contributed by atoms with Gasteiger partial charge in [0.25, 0.3) is 17.0 Å². The van der Waals surface area contributed by atoms with E-state index in [9.17, 15) is 29.2 Å². The summed E-state index contributed by atoms with van der Waals surface area (Å²) in [4.78, 5) is 79.2. The molecule has 4 aliphatic heterocycles. The van der Waals surface area contributed by atoms with Crippen LogP contribution in [0.25, 0.3) is 33.4 Å². The number of halogens is 1. The summed E-state index contributed by atoms with van der Waals surface area (Å²) < 4.78 is 25.3. The van der Waals surface area contributed by atoms with Crippen molar-refractivity contribution in [3.05, 3.63) is 134 Å². The topological polar surface area (TPSA) is 222 Å². The van der Waals surface area contributed by atoms with Crippen LogP contribution in [0.1, 0.15) is 85.8 Å². The van der Waals surface area contributed by atoms with Gasteiger partial charge in [0, 0.05) is 97.4 Å². The molecule has 73 heavy (non-hydrogen) atoms. The first kappa shape index (κ1) is 49.1. The van der Waals surface area contributed by atoms with Gasteiger partial charge in [0.1, 0.15) is 11.9 Å². The molecule has 0 bridgehead atoms. The van der Waals surface area contributed by atoms with Crippen LogP contribution in [0.2, 0.25) is 0 Å². The van der Waals surface area contributed by atoms with Crippen molar-refractivity contribution in [2.45, 2.75) is 83.0 Å². The van der Waals surface area contributed by atoms with Gasteiger partial charge in [-0.15, -0.1) is 0 Å². The highest BCUT2D eigenvalue weighted by atomic mass is 19.1. The number of aryl methyl sites for hydroxylation is 1. The first-order valence-electron chi connectivity index (χ1n) is 25.1. The van der Waals surface area contributed by atoms with Crippen LogP contribution >= 0.6 is 0 Å². The number of piperidine rings is 3. The third-order valence-electron chi connectivity index (χ3n) is 14.9. The molecule has 3 unspecified atom stereocenters.